The molecule has 8 atom stereocenters. The van der Waals surface area contributed by atoms with Gasteiger partial charge >= 0.3 is 5.97 Å². The van der Waals surface area contributed by atoms with E-state index in [4.69, 9.17) is 34.1 Å². The summed E-state index contributed by atoms with van der Waals surface area (Å²) in [5.41, 5.74) is 4.18. The lowest BCUT2D eigenvalue weighted by molar-refractivity contribution is -0.160. The topological polar surface area (TPSA) is 250 Å². The molecule has 0 bridgehead atoms. The Morgan fingerprint density at radius 2 is 1.71 bits per heavy atom. The molecule has 1 aliphatic rings. The highest BCUT2D eigenvalue weighted by Gasteiger charge is 2.44. The zero-order chi connectivity index (χ0) is 46.0. The number of carbonyl (C=O) groups excluding carboxylic acids is 3. The van der Waals surface area contributed by atoms with Crippen molar-refractivity contribution >= 4 is 56.3 Å². The third-order valence-corrected chi connectivity index (χ3v) is 11.6. The summed E-state index contributed by atoms with van der Waals surface area (Å²) in [6, 6.07) is 4.86. The Bertz CT molecular complexity index is 2520. The number of aromatic nitrogens is 1. The number of nitrogens with two attached hydrogens (primary N) is 1. The summed E-state index contributed by atoms with van der Waals surface area (Å²) in [6.07, 6.45) is 3.30. The van der Waals surface area contributed by atoms with Crippen LogP contribution in [0.15, 0.2) is 63.6 Å². The number of ether oxygens (including phenoxy) is 4. The average molecular weight is 860 g/mol. The van der Waals surface area contributed by atoms with E-state index in [1.54, 1.807) is 71.9 Å². The highest BCUT2D eigenvalue weighted by Crippen LogP contribution is 2.48. The fraction of sp³-hybridized carbons (Fsp3) is 0.457. The summed E-state index contributed by atoms with van der Waals surface area (Å²) in [5, 5.41) is 46.4. The standard InChI is InChI=1S/C46H57N3O13/c1-21(37(52)24(4)38(53)25(5)41(60-27(7)51)23(3)30(58-10)16-18-50)12-11-13-22(2)45(57)49-36-40(55)33-32(34-42(26(6)39(33)54)62-46(8,9)44(34)56)35-43(36)61-31-20-28(59-19-17-47)14-15-29(31)48-35/h11-16,18,20-21,23-25,30,37-38,41,50,52-53,55H,17,19,47H2,1-10H3,(H,49,57)/b12-11+,18-16+,22-13-/t21-,23+,24+,25+,30-,37-,38+,41+/m0/s1. The van der Waals surface area contributed by atoms with E-state index in [1.165, 1.54) is 40.0 Å². The van der Waals surface area contributed by atoms with Crippen LogP contribution in [0.5, 0.6) is 17.2 Å². The first kappa shape index (κ1) is 47.2. The number of esters is 1. The Hall–Kier alpha value is -5.81. The molecule has 62 heavy (non-hydrogen) atoms. The van der Waals surface area contributed by atoms with E-state index in [2.05, 4.69) is 5.32 Å². The van der Waals surface area contributed by atoms with Crippen LogP contribution in [0.4, 0.5) is 5.69 Å². The minimum atomic E-state index is -1.31. The van der Waals surface area contributed by atoms with E-state index in [1.807, 2.05) is 0 Å². The number of aliphatic hydroxyl groups is 3. The maximum Gasteiger partial charge on any atom is 0.302 e. The van der Waals surface area contributed by atoms with Crippen molar-refractivity contribution in [1.82, 2.24) is 4.98 Å². The van der Waals surface area contributed by atoms with Gasteiger partial charge < -0.3 is 54.8 Å². The summed E-state index contributed by atoms with van der Waals surface area (Å²) in [5.74, 6) is -4.17. The number of hydrogen-bond acceptors (Lipinski definition) is 15. The zero-order valence-electron chi connectivity index (χ0n) is 36.6. The van der Waals surface area contributed by atoms with Crippen LogP contribution in [0.2, 0.25) is 0 Å². The van der Waals surface area contributed by atoms with Crippen LogP contribution in [-0.2, 0) is 19.1 Å². The Morgan fingerprint density at radius 3 is 2.34 bits per heavy atom. The summed E-state index contributed by atoms with van der Waals surface area (Å²) in [6.45, 7) is 14.8. The van der Waals surface area contributed by atoms with Crippen molar-refractivity contribution in [2.75, 3.05) is 25.6 Å². The number of nitrogens with one attached hydrogen (secondary N) is 1. The Morgan fingerprint density at radius 1 is 1.02 bits per heavy atom. The van der Waals surface area contributed by atoms with Crippen LogP contribution >= 0.6 is 0 Å². The molecule has 0 aliphatic carbocycles. The summed E-state index contributed by atoms with van der Waals surface area (Å²) >= 11 is 0. The molecule has 0 radical (unpaired) electrons. The second-order valence-corrected chi connectivity index (χ2v) is 16.5. The molecule has 0 saturated carbocycles. The van der Waals surface area contributed by atoms with Crippen molar-refractivity contribution in [1.29, 1.82) is 0 Å². The molecule has 4 aromatic rings. The minimum absolute atomic E-state index is 0.0247. The number of ketones is 1. The Kier molecular flexibility index (Phi) is 14.5. The first-order chi connectivity index (χ1) is 29.2. The molecule has 5 rings (SSSR count). The molecule has 0 spiro atoms. The third kappa shape index (κ3) is 9.19. The van der Waals surface area contributed by atoms with Crippen LogP contribution in [0.3, 0.4) is 0 Å². The van der Waals surface area contributed by atoms with Crippen LogP contribution in [-0.4, -0.2) is 93.3 Å². The first-order valence-electron chi connectivity index (χ1n) is 20.4. The number of carbonyl (C=O) groups is 3. The molecular formula is C46H57N3O13. The van der Waals surface area contributed by atoms with Gasteiger partial charge in [0.1, 0.15) is 40.9 Å². The number of phenolic OH excluding ortho intramolecular Hbond substituents is 1. The second-order valence-electron chi connectivity index (χ2n) is 16.5. The number of allylic oxidation sites excluding steroid dienone is 2. The second kappa shape index (κ2) is 19.1. The predicted octanol–water partition coefficient (Wildman–Crippen LogP) is 5.93. The quantitative estimate of drug-likeness (QED) is 0.0137. The number of anilines is 1. The van der Waals surface area contributed by atoms with Crippen LogP contribution < -0.4 is 26.0 Å². The number of phenols is 1. The van der Waals surface area contributed by atoms with Gasteiger partial charge in [-0.1, -0.05) is 45.9 Å². The molecule has 0 fully saturated rings. The number of hydrogen-bond donors (Lipinski definition) is 6. The number of fused-ring (bicyclic) bond motifs is 6. The van der Waals surface area contributed by atoms with E-state index in [0.29, 0.717) is 11.3 Å². The highest BCUT2D eigenvalue weighted by atomic mass is 16.5. The summed E-state index contributed by atoms with van der Waals surface area (Å²) < 4.78 is 29.0. The maximum atomic E-state index is 14.0. The van der Waals surface area contributed by atoms with Crippen molar-refractivity contribution in [3.63, 3.8) is 0 Å². The number of amides is 1. The molecule has 1 aromatic heterocycles. The normalized spacial score (nSPS) is 18.0. The largest absolute Gasteiger partial charge is 0.516 e. The van der Waals surface area contributed by atoms with Crippen molar-refractivity contribution in [3.8, 4) is 17.2 Å². The molecule has 16 nitrogen and oxygen atoms in total. The van der Waals surface area contributed by atoms with E-state index in [-0.39, 0.29) is 68.7 Å². The van der Waals surface area contributed by atoms with Gasteiger partial charge in [0.25, 0.3) is 5.91 Å². The monoisotopic (exact) mass is 859 g/mol. The smallest absolute Gasteiger partial charge is 0.302 e. The minimum Gasteiger partial charge on any atom is -0.516 e. The van der Waals surface area contributed by atoms with Gasteiger partial charge in [0, 0.05) is 66.8 Å². The lowest BCUT2D eigenvalue weighted by Crippen LogP contribution is -2.46. The number of aromatic hydroxyl groups is 1. The van der Waals surface area contributed by atoms with Crippen molar-refractivity contribution in [2.24, 2.45) is 29.4 Å². The number of nitrogens with zero attached hydrogens (tertiary/aromatic N) is 1. The molecular weight excluding hydrogens is 803 g/mol. The number of Topliss-reactive ketones (excluding diaryl/α,β-unsaturated/α-hetero) is 1. The zero-order valence-corrected chi connectivity index (χ0v) is 36.6. The molecule has 3 aromatic carbocycles. The molecule has 0 unspecified atom stereocenters. The summed E-state index contributed by atoms with van der Waals surface area (Å²) in [4.78, 5) is 58.4. The van der Waals surface area contributed by atoms with Gasteiger partial charge in [-0.15, -0.1) is 0 Å². The van der Waals surface area contributed by atoms with Crippen LogP contribution in [0.1, 0.15) is 71.3 Å². The lowest BCUT2D eigenvalue weighted by Gasteiger charge is -2.37. The molecule has 334 valence electrons. The van der Waals surface area contributed by atoms with Gasteiger partial charge in [0.05, 0.1) is 35.5 Å². The SMILES string of the molecule is CO[C@@H](/C=C/O)[C@@H](C)[C@@H](OC(C)=O)[C@H](C)[C@H](O)[C@H](C)[C@@H](O)[C@@H](C)/C=C/C=C(/C)C(=O)Nc1c(O)c2c(=O)c(C)c3c(c2c2nc4ccc(OCCN)cc4oc12)C(=O)C(C)(C)O3. The van der Waals surface area contributed by atoms with Crippen LogP contribution in [0, 0.1) is 30.6 Å². The van der Waals surface area contributed by atoms with Gasteiger partial charge in [-0.05, 0) is 45.9 Å². The molecule has 0 saturated heterocycles. The molecule has 16 heteroatoms. The first-order valence-corrected chi connectivity index (χ1v) is 20.4. The number of rotatable bonds is 17. The fourth-order valence-corrected chi connectivity index (χ4v) is 7.95. The summed E-state index contributed by atoms with van der Waals surface area (Å²) in [7, 11) is 1.45. The van der Waals surface area contributed by atoms with Gasteiger partial charge in [0.15, 0.2) is 27.9 Å². The number of aliphatic hydroxyl groups excluding tert-OH is 3. The average Bonchev–Trinajstić information content (AvgIpc) is 3.48. The van der Waals surface area contributed by atoms with Gasteiger partial charge in [-0.25, -0.2) is 4.98 Å². The van der Waals surface area contributed by atoms with Gasteiger partial charge in [0.2, 0.25) is 5.78 Å². The highest BCUT2D eigenvalue weighted by molar-refractivity contribution is 6.26. The van der Waals surface area contributed by atoms with E-state index < -0.39 is 82.5 Å². The maximum absolute atomic E-state index is 14.0. The predicted molar refractivity (Wildman–Crippen MR) is 234 cm³/mol. The van der Waals surface area contributed by atoms with Crippen molar-refractivity contribution < 1.29 is 58.2 Å². The Labute approximate surface area is 359 Å². The van der Waals surface area contributed by atoms with E-state index in [9.17, 15) is 39.6 Å². The third-order valence-electron chi connectivity index (χ3n) is 11.6. The molecule has 7 N–H and O–H groups in total. The molecule has 1 amide bonds. The molecule has 1 aliphatic heterocycles. The van der Waals surface area contributed by atoms with E-state index >= 15 is 0 Å². The Balaban J connectivity index is 1.47. The lowest BCUT2D eigenvalue weighted by atomic mass is 9.78. The molecule has 2 heterocycles. The van der Waals surface area contributed by atoms with Crippen molar-refractivity contribution in [3.05, 3.63) is 75.7 Å². The fourth-order valence-electron chi connectivity index (χ4n) is 7.95. The number of methoxy groups -OCH3 is 1. The van der Waals surface area contributed by atoms with Gasteiger partial charge in [-0.3, -0.25) is 19.2 Å². The van der Waals surface area contributed by atoms with Gasteiger partial charge in [-0.2, -0.15) is 0 Å². The van der Waals surface area contributed by atoms with Crippen molar-refractivity contribution in [2.45, 2.75) is 92.3 Å². The van der Waals surface area contributed by atoms with Crippen LogP contribution in [0.25, 0.3) is 33.0 Å². The van der Waals surface area contributed by atoms with E-state index in [0.717, 1.165) is 6.26 Å². The number of benzene rings is 3.